The van der Waals surface area contributed by atoms with Crippen molar-refractivity contribution in [3.05, 3.63) is 269 Å². The molecule has 0 spiro atoms. The van der Waals surface area contributed by atoms with Crippen LogP contribution in [0.1, 0.15) is 59.1 Å². The van der Waals surface area contributed by atoms with Gasteiger partial charge in [0.15, 0.2) is 0 Å². The molecule has 1 aromatic heterocycles. The second kappa shape index (κ2) is 18.5. The minimum Gasteiger partial charge on any atom is -0.310 e. The molecule has 3 heteroatoms. The molecule has 0 saturated heterocycles. The second-order valence-electron chi connectivity index (χ2n) is 23.8. The Balaban J connectivity index is 0.956. The Bertz CT molecular complexity index is 5390. The van der Waals surface area contributed by atoms with Gasteiger partial charge in [-0.05, 0) is 255 Å². The lowest BCUT2D eigenvalue weighted by molar-refractivity contribution is 0.834. The first-order chi connectivity index (χ1) is 41.6. The van der Waals surface area contributed by atoms with E-state index in [0.717, 1.165) is 78.7 Å². The van der Waals surface area contributed by atoms with E-state index >= 15 is 0 Å². The molecule has 2 aliphatic carbocycles. The molecule has 15 aromatic rings. The van der Waals surface area contributed by atoms with Crippen LogP contribution in [0.15, 0.2) is 231 Å². The minimum atomic E-state index is 0.946. The molecule has 0 atom stereocenters. The number of aromatic nitrogens is 2. The van der Waals surface area contributed by atoms with Crippen LogP contribution in [0.2, 0.25) is 0 Å². The zero-order chi connectivity index (χ0) is 55.1. The number of nitrogens with zero attached hydrogens (tertiary/aromatic N) is 3. The van der Waals surface area contributed by atoms with E-state index in [-0.39, 0.29) is 0 Å². The smallest absolute Gasteiger partial charge is 0.145 e. The standard InChI is InChI=1S/C81H57N3/c1-49-18-15-25-56(44-49)81-82-71-32-11-14-35-74(71)84(81)58-42-38-52(39-43-58)75-69-48-66-65(63-30-16-28-61-59-26-9-5-23-54(59)45-67(66)77(61)63)47-68(69)76(80-70-46-55-24-6-10-27-60(55)62-29-17-31-64(78(62)70)79(75)80)53-36-40-57(41-37-53)83-72(50-19-3-2-4-20-50)33-12-7-21-51-22-8-13-34-73(51)83/h2-4,6,8-11,13-16,18-20,22,24-28,30-48H,5,7,12,17,21,23,29H2,1H3. The van der Waals surface area contributed by atoms with Crippen LogP contribution in [0, 0.1) is 6.92 Å². The summed E-state index contributed by atoms with van der Waals surface area (Å²) in [5, 5.41) is 20.1. The zero-order valence-corrected chi connectivity index (χ0v) is 46.9. The Hall–Kier alpha value is -10.1. The molecule has 0 saturated carbocycles. The van der Waals surface area contributed by atoms with Crippen molar-refractivity contribution in [1.82, 2.24) is 9.55 Å². The quantitative estimate of drug-likeness (QED) is 0.165. The van der Waals surface area contributed by atoms with E-state index in [9.17, 15) is 0 Å². The summed E-state index contributed by atoms with van der Waals surface area (Å²) < 4.78 is 2.35. The van der Waals surface area contributed by atoms with Gasteiger partial charge in [-0.15, -0.1) is 0 Å². The summed E-state index contributed by atoms with van der Waals surface area (Å²) in [5.74, 6) is 0.946. The van der Waals surface area contributed by atoms with Gasteiger partial charge in [-0.3, -0.25) is 4.57 Å². The monoisotopic (exact) mass is 1070 g/mol. The van der Waals surface area contributed by atoms with Crippen molar-refractivity contribution < 1.29 is 0 Å². The molecule has 0 unspecified atom stereocenters. The van der Waals surface area contributed by atoms with Gasteiger partial charge in [-0.1, -0.05) is 175 Å². The van der Waals surface area contributed by atoms with Gasteiger partial charge in [-0.25, -0.2) is 4.98 Å². The fraction of sp³-hybridized carbons (Fsp3) is 0.0988. The van der Waals surface area contributed by atoms with Crippen molar-refractivity contribution in [3.8, 4) is 39.3 Å². The summed E-state index contributed by atoms with van der Waals surface area (Å²) in [6.07, 6.45) is 17.1. The van der Waals surface area contributed by atoms with Gasteiger partial charge in [0.25, 0.3) is 0 Å². The summed E-state index contributed by atoms with van der Waals surface area (Å²) in [6.45, 7) is 2.16. The van der Waals surface area contributed by atoms with Crippen LogP contribution in [0.5, 0.6) is 0 Å². The number of hydrogen-bond acceptors (Lipinski definition) is 2. The summed E-state index contributed by atoms with van der Waals surface area (Å²) in [7, 11) is 0. The largest absolute Gasteiger partial charge is 0.310 e. The average molecular weight is 1070 g/mol. The Labute approximate surface area is 487 Å². The maximum Gasteiger partial charge on any atom is 0.145 e. The lowest BCUT2D eigenvalue weighted by Gasteiger charge is -2.32. The van der Waals surface area contributed by atoms with Crippen molar-refractivity contribution in [3.63, 3.8) is 0 Å². The molecule has 3 aliphatic rings. The highest BCUT2D eigenvalue weighted by Gasteiger charge is 2.29. The number of para-hydroxylation sites is 3. The number of rotatable bonds is 6. The first-order valence-corrected chi connectivity index (χ1v) is 30.2. The fourth-order valence-electron chi connectivity index (χ4n) is 15.5. The molecular weight excluding hydrogens is 1010 g/mol. The molecule has 0 bridgehead atoms. The van der Waals surface area contributed by atoms with Gasteiger partial charge in [0, 0.05) is 28.3 Å². The van der Waals surface area contributed by atoms with Crippen molar-refractivity contribution in [2.24, 2.45) is 0 Å². The molecule has 0 fully saturated rings. The fourth-order valence-corrected chi connectivity index (χ4v) is 15.5. The number of hydrogen-bond donors (Lipinski definition) is 0. The van der Waals surface area contributed by atoms with Crippen LogP contribution in [-0.2, 0) is 19.3 Å². The predicted molar refractivity (Wildman–Crippen MR) is 357 cm³/mol. The number of aryl methyl sites for hydroxylation is 4. The van der Waals surface area contributed by atoms with Crippen LogP contribution in [0.4, 0.5) is 11.4 Å². The SMILES string of the molecule is Cc1cccc(-c2nc3ccccc3n2-c2ccc(-c3c4cc5c(cc4c(-c4ccc(N6C(c7ccccc7)=CCCCc7ccccc76)cc4)c4c3c3c6c(c7ccccc7cc64)CCC=3)c3cccc4c6c(cc5c43)CCC=C6)cc2)c1. The third kappa shape index (κ3) is 7.02. The van der Waals surface area contributed by atoms with E-state index in [2.05, 4.69) is 259 Å². The predicted octanol–water partition coefficient (Wildman–Crippen LogP) is 20.8. The second-order valence-corrected chi connectivity index (χ2v) is 23.8. The maximum absolute atomic E-state index is 5.30. The van der Waals surface area contributed by atoms with E-state index in [1.807, 2.05) is 0 Å². The number of anilines is 2. The number of allylic oxidation sites excluding steroid dienone is 2. The summed E-state index contributed by atoms with van der Waals surface area (Å²) in [5.41, 5.74) is 21.1. The highest BCUT2D eigenvalue weighted by atomic mass is 15.2. The van der Waals surface area contributed by atoms with Crippen molar-refractivity contribution in [2.75, 3.05) is 4.90 Å². The van der Waals surface area contributed by atoms with E-state index in [1.165, 1.54) is 148 Å². The normalized spacial score (nSPS) is 14.2. The molecule has 0 N–H and O–H groups in total. The minimum absolute atomic E-state index is 0.946. The Morgan fingerprint density at radius 2 is 1.13 bits per heavy atom. The van der Waals surface area contributed by atoms with Crippen LogP contribution in [0.25, 0.3) is 144 Å². The maximum atomic E-state index is 5.30. The molecule has 396 valence electrons. The lowest BCUT2D eigenvalue weighted by atomic mass is 9.85. The number of benzene rings is 12. The first kappa shape index (κ1) is 47.5. The van der Waals surface area contributed by atoms with Crippen LogP contribution >= 0.6 is 0 Å². The average Bonchev–Trinajstić information content (AvgIpc) is 1.59. The highest BCUT2D eigenvalue weighted by Crippen LogP contribution is 2.52. The van der Waals surface area contributed by atoms with E-state index in [4.69, 9.17) is 4.98 Å². The summed E-state index contributed by atoms with van der Waals surface area (Å²) >= 11 is 0. The number of imidazole rings is 1. The number of fused-ring (bicyclic) bond motifs is 13. The summed E-state index contributed by atoms with van der Waals surface area (Å²) in [4.78, 5) is 7.82. The molecule has 1 aliphatic heterocycles. The Morgan fingerprint density at radius 3 is 1.99 bits per heavy atom. The van der Waals surface area contributed by atoms with Gasteiger partial charge in [0.1, 0.15) is 5.82 Å². The molecule has 14 aromatic carbocycles. The first-order valence-electron chi connectivity index (χ1n) is 30.2. The Kier molecular flexibility index (Phi) is 10.4. The molecular formula is C81H57N3. The third-order valence-electron chi connectivity index (χ3n) is 19.1. The van der Waals surface area contributed by atoms with Gasteiger partial charge < -0.3 is 4.90 Å². The molecule has 3 nitrogen and oxygen atoms in total. The highest BCUT2D eigenvalue weighted by molar-refractivity contribution is 6.37. The van der Waals surface area contributed by atoms with Crippen molar-refractivity contribution in [1.29, 1.82) is 0 Å². The van der Waals surface area contributed by atoms with Crippen LogP contribution in [0.3, 0.4) is 0 Å². The van der Waals surface area contributed by atoms with Gasteiger partial charge >= 0.3 is 0 Å². The Morgan fingerprint density at radius 1 is 0.417 bits per heavy atom. The molecule has 0 radical (unpaired) electrons. The van der Waals surface area contributed by atoms with E-state index in [0.29, 0.717) is 0 Å². The topological polar surface area (TPSA) is 21.1 Å². The van der Waals surface area contributed by atoms with E-state index in [1.54, 1.807) is 0 Å². The van der Waals surface area contributed by atoms with Crippen molar-refractivity contribution in [2.45, 2.75) is 51.9 Å². The molecule has 84 heavy (non-hydrogen) atoms. The molecule has 2 heterocycles. The molecule has 0 amide bonds. The molecule has 18 rings (SSSR count). The lowest BCUT2D eigenvalue weighted by Crippen LogP contribution is -2.18. The van der Waals surface area contributed by atoms with E-state index < -0.39 is 0 Å². The van der Waals surface area contributed by atoms with Crippen LogP contribution < -0.4 is 10.1 Å². The third-order valence-corrected chi connectivity index (χ3v) is 19.1. The van der Waals surface area contributed by atoms with Crippen LogP contribution in [-0.4, -0.2) is 9.55 Å². The summed E-state index contributed by atoms with van der Waals surface area (Å²) in [6, 6.07) is 83.0. The van der Waals surface area contributed by atoms with Gasteiger partial charge in [0.2, 0.25) is 0 Å². The van der Waals surface area contributed by atoms with Gasteiger partial charge in [-0.2, -0.15) is 0 Å². The van der Waals surface area contributed by atoms with Crippen molar-refractivity contribution >= 4 is 116 Å². The van der Waals surface area contributed by atoms with Gasteiger partial charge in [0.05, 0.1) is 11.0 Å². The zero-order valence-electron chi connectivity index (χ0n) is 46.9.